The molecule has 0 amide bonds. The van der Waals surface area contributed by atoms with Gasteiger partial charge in [-0.05, 0) is 92.7 Å². The maximum absolute atomic E-state index is 8.14. The van der Waals surface area contributed by atoms with Crippen molar-refractivity contribution in [1.82, 2.24) is 9.97 Å². The van der Waals surface area contributed by atoms with Gasteiger partial charge in [0.05, 0.1) is 11.3 Å². The number of nitrogens with zero attached hydrogens (tertiary/aromatic N) is 2. The molecule has 4 fully saturated rings. The first kappa shape index (κ1) is 20.2. The first-order valence-corrected chi connectivity index (χ1v) is 11.8. The van der Waals surface area contributed by atoms with E-state index in [1.165, 1.54) is 19.3 Å². The van der Waals surface area contributed by atoms with Crippen molar-refractivity contribution in [3.63, 3.8) is 0 Å². The van der Waals surface area contributed by atoms with Gasteiger partial charge in [-0.25, -0.2) is 9.97 Å². The van der Waals surface area contributed by atoms with E-state index in [9.17, 15) is 0 Å². The maximum atomic E-state index is 8.14. The van der Waals surface area contributed by atoms with E-state index < -0.39 is 0 Å². The molecule has 1 heterocycles. The Labute approximate surface area is 193 Å². The Morgan fingerprint density at radius 2 is 1.42 bits per heavy atom. The highest BCUT2D eigenvalue weighted by atomic mass is 16.5. The molecule has 0 unspecified atom stereocenters. The van der Waals surface area contributed by atoms with Crippen LogP contribution in [0.25, 0.3) is 11.3 Å². The lowest BCUT2D eigenvalue weighted by Gasteiger charge is -2.56. The second-order valence-corrected chi connectivity index (χ2v) is 10.2. The monoisotopic (exact) mass is 439 g/mol. The van der Waals surface area contributed by atoms with Gasteiger partial charge >= 0.3 is 0 Å². The van der Waals surface area contributed by atoms with Crippen LogP contribution in [0.3, 0.4) is 0 Å². The van der Waals surface area contributed by atoms with Crippen molar-refractivity contribution >= 4 is 11.7 Å². The zero-order chi connectivity index (χ0) is 22.6. The molecule has 4 aliphatic rings. The Balaban J connectivity index is 1.39. The van der Waals surface area contributed by atoms with Crippen LogP contribution >= 0.6 is 0 Å². The topological polar surface area (TPSA) is 111 Å². The molecule has 0 aliphatic heterocycles. The van der Waals surface area contributed by atoms with Crippen LogP contribution in [0, 0.1) is 23.2 Å². The Bertz CT molecular complexity index is 1170. The van der Waals surface area contributed by atoms with E-state index in [0.717, 1.165) is 59.9 Å². The first-order chi connectivity index (χ1) is 16.0. The Morgan fingerprint density at radius 3 is 2.00 bits per heavy atom. The van der Waals surface area contributed by atoms with Gasteiger partial charge in [0.2, 0.25) is 0 Å². The van der Waals surface area contributed by atoms with Gasteiger partial charge < -0.3 is 16.2 Å². The van der Waals surface area contributed by atoms with Crippen molar-refractivity contribution in [2.24, 2.45) is 23.5 Å². The zero-order valence-electron chi connectivity index (χ0n) is 18.6. The predicted octanol–water partition coefficient (Wildman–Crippen LogP) is 5.27. The minimum atomic E-state index is -0.107. The molecule has 168 valence electrons. The number of ether oxygens (including phenoxy) is 1. The number of nitrogens with two attached hydrogens (primary N) is 2. The van der Waals surface area contributed by atoms with E-state index in [1.807, 2.05) is 54.6 Å². The highest BCUT2D eigenvalue weighted by Gasteiger charge is 2.53. The molecule has 0 saturated heterocycles. The summed E-state index contributed by atoms with van der Waals surface area (Å²) in [6.07, 6.45) is 7.53. The van der Waals surface area contributed by atoms with Crippen LogP contribution in [0.2, 0.25) is 0 Å². The number of nitrogen functional groups attached to an aromatic ring is 2. The van der Waals surface area contributed by atoms with E-state index in [1.54, 1.807) is 0 Å². The zero-order valence-corrected chi connectivity index (χ0v) is 18.6. The molecule has 7 rings (SSSR count). The number of para-hydroxylation sites is 1. The minimum absolute atomic E-state index is 0.0172. The van der Waals surface area contributed by atoms with Gasteiger partial charge in [-0.15, -0.1) is 0 Å². The van der Waals surface area contributed by atoms with Crippen molar-refractivity contribution in [3.05, 3.63) is 66.0 Å². The molecule has 4 bridgehead atoms. The van der Waals surface area contributed by atoms with Gasteiger partial charge in [0.25, 0.3) is 0 Å². The summed E-state index contributed by atoms with van der Waals surface area (Å²) in [5.74, 6) is 4.92. The van der Waals surface area contributed by atoms with E-state index in [4.69, 9.17) is 31.6 Å². The summed E-state index contributed by atoms with van der Waals surface area (Å²) in [6.45, 7) is 0. The number of aromatic nitrogens is 2. The summed E-state index contributed by atoms with van der Waals surface area (Å²) in [5.41, 5.74) is 14.3. The van der Waals surface area contributed by atoms with Crippen LogP contribution < -0.4 is 16.2 Å². The van der Waals surface area contributed by atoms with E-state index >= 15 is 0 Å². The molecule has 3 aromatic rings. The number of amidine groups is 1. The lowest BCUT2D eigenvalue weighted by atomic mass is 9.49. The second-order valence-electron chi connectivity index (χ2n) is 10.2. The summed E-state index contributed by atoms with van der Waals surface area (Å²) in [4.78, 5) is 9.84. The number of anilines is 1. The van der Waals surface area contributed by atoms with Crippen molar-refractivity contribution in [3.8, 4) is 22.8 Å². The van der Waals surface area contributed by atoms with Crippen molar-refractivity contribution in [1.29, 1.82) is 5.41 Å². The fourth-order valence-electron chi connectivity index (χ4n) is 6.88. The quantitative estimate of drug-likeness (QED) is 0.370. The minimum Gasteiger partial charge on any atom is -0.457 e. The Hall–Kier alpha value is -3.41. The van der Waals surface area contributed by atoms with Crippen molar-refractivity contribution in [2.45, 2.75) is 43.9 Å². The largest absolute Gasteiger partial charge is 0.457 e. The highest BCUT2D eigenvalue weighted by Crippen LogP contribution is 2.60. The molecule has 0 radical (unpaired) electrons. The lowest BCUT2D eigenvalue weighted by Crippen LogP contribution is -2.49. The summed E-state index contributed by atoms with van der Waals surface area (Å²) < 4.78 is 5.93. The average molecular weight is 440 g/mol. The summed E-state index contributed by atoms with van der Waals surface area (Å²) in [7, 11) is 0. The molecule has 4 saturated carbocycles. The molecule has 33 heavy (non-hydrogen) atoms. The molecular formula is C27H29N5O. The average Bonchev–Trinajstić information content (AvgIpc) is 2.78. The fraction of sp³-hybridized carbons (Fsp3) is 0.370. The Morgan fingerprint density at radius 1 is 0.848 bits per heavy atom. The van der Waals surface area contributed by atoms with Crippen LogP contribution in [0.4, 0.5) is 5.82 Å². The maximum Gasteiger partial charge on any atom is 0.138 e. The third kappa shape index (κ3) is 3.54. The number of hydrogen-bond donors (Lipinski definition) is 3. The molecule has 1 aromatic heterocycles. The third-order valence-electron chi connectivity index (χ3n) is 7.83. The molecule has 0 atom stereocenters. The fourth-order valence-corrected chi connectivity index (χ4v) is 6.88. The van der Waals surface area contributed by atoms with Crippen LogP contribution in [0.5, 0.6) is 11.5 Å². The third-order valence-corrected chi connectivity index (χ3v) is 7.83. The second kappa shape index (κ2) is 7.58. The first-order valence-electron chi connectivity index (χ1n) is 11.8. The van der Waals surface area contributed by atoms with Crippen LogP contribution in [-0.4, -0.2) is 15.8 Å². The summed E-state index contributed by atoms with van der Waals surface area (Å²) in [5, 5.41) is 8.14. The van der Waals surface area contributed by atoms with Crippen LogP contribution in [0.1, 0.15) is 49.9 Å². The van der Waals surface area contributed by atoms with Gasteiger partial charge in [0.15, 0.2) is 0 Å². The van der Waals surface area contributed by atoms with Crippen molar-refractivity contribution in [2.75, 3.05) is 5.73 Å². The molecule has 2 aromatic carbocycles. The van der Waals surface area contributed by atoms with E-state index in [-0.39, 0.29) is 11.3 Å². The number of hydrogen-bond acceptors (Lipinski definition) is 5. The van der Waals surface area contributed by atoms with Gasteiger partial charge in [-0.3, -0.25) is 5.41 Å². The molecule has 6 heteroatoms. The molecule has 6 nitrogen and oxygen atoms in total. The van der Waals surface area contributed by atoms with Gasteiger partial charge in [-0.2, -0.15) is 0 Å². The van der Waals surface area contributed by atoms with Gasteiger partial charge in [-0.1, -0.05) is 18.2 Å². The SMILES string of the molecule is N=C(N)c1c(N)nc(C23CC4CC(CC(C4)C2)C3)nc1-c1ccc(Oc2ccccc2)cc1. The van der Waals surface area contributed by atoms with Crippen molar-refractivity contribution < 1.29 is 4.74 Å². The number of nitrogens with one attached hydrogen (secondary N) is 1. The number of rotatable bonds is 5. The van der Waals surface area contributed by atoms with Crippen LogP contribution in [-0.2, 0) is 5.41 Å². The predicted molar refractivity (Wildman–Crippen MR) is 129 cm³/mol. The van der Waals surface area contributed by atoms with Gasteiger partial charge in [0.1, 0.15) is 29.0 Å². The Kier molecular flexibility index (Phi) is 4.64. The van der Waals surface area contributed by atoms with Gasteiger partial charge in [0, 0.05) is 11.0 Å². The molecular weight excluding hydrogens is 410 g/mol. The van der Waals surface area contributed by atoms with E-state index in [0.29, 0.717) is 17.1 Å². The smallest absolute Gasteiger partial charge is 0.138 e. The van der Waals surface area contributed by atoms with Crippen LogP contribution in [0.15, 0.2) is 54.6 Å². The molecule has 0 spiro atoms. The molecule has 4 aliphatic carbocycles. The summed E-state index contributed by atoms with van der Waals surface area (Å²) >= 11 is 0. The molecule has 5 N–H and O–H groups in total. The standard InChI is InChI=1S/C27H29N5O/c28-24(29)22-23(19-6-8-21(9-7-19)33-20-4-2-1-3-5-20)31-26(32-25(22)30)27-13-16-10-17(14-27)12-18(11-16)15-27/h1-9,16-18H,10-15H2,(H3,28,29)(H2,30,31,32). The number of benzene rings is 2. The van der Waals surface area contributed by atoms with E-state index in [2.05, 4.69) is 0 Å². The highest BCUT2D eigenvalue weighted by molar-refractivity contribution is 6.04. The summed E-state index contributed by atoms with van der Waals surface area (Å²) in [6, 6.07) is 17.4. The lowest BCUT2D eigenvalue weighted by molar-refractivity contribution is -0.00928. The normalized spacial score (nSPS) is 27.5.